The minimum Gasteiger partial charge on any atom is -0.263 e. The highest BCUT2D eigenvalue weighted by Crippen LogP contribution is 2.39. The third kappa shape index (κ3) is 3.52. The molecule has 0 N–H and O–H groups in total. The Morgan fingerprint density at radius 1 is 1.20 bits per heavy atom. The fourth-order valence-electron chi connectivity index (χ4n) is 1.90. The average molecular weight is 365 g/mol. The molecule has 1 unspecified atom stereocenters. The minimum atomic E-state index is -4.37. The summed E-state index contributed by atoms with van der Waals surface area (Å²) in [5.74, 6) is 0. The first-order valence-electron chi connectivity index (χ1n) is 5.78. The quantitative estimate of drug-likeness (QED) is 0.662. The van der Waals surface area contributed by atoms with Crippen molar-refractivity contribution in [1.82, 2.24) is 4.98 Å². The molecule has 0 radical (unpaired) electrons. The van der Waals surface area contributed by atoms with Crippen LogP contribution in [0.15, 0.2) is 42.7 Å². The van der Waals surface area contributed by atoms with Crippen LogP contribution in [0, 0.1) is 0 Å². The Balaban J connectivity index is 2.31. The van der Waals surface area contributed by atoms with Gasteiger partial charge in [0.1, 0.15) is 0 Å². The Hall–Kier alpha value is -1.07. The largest absolute Gasteiger partial charge is 0.416 e. The van der Waals surface area contributed by atoms with Gasteiger partial charge in [-0.3, -0.25) is 4.98 Å². The predicted molar refractivity (Wildman–Crippen MR) is 76.1 cm³/mol. The van der Waals surface area contributed by atoms with Gasteiger partial charge in [-0.1, -0.05) is 45.7 Å². The van der Waals surface area contributed by atoms with Gasteiger partial charge in [0.25, 0.3) is 0 Å². The molecule has 2 aromatic rings. The first-order chi connectivity index (χ1) is 9.39. The fraction of sp³-hybridized carbons (Fsp3) is 0.214. The molecule has 1 aromatic heterocycles. The summed E-state index contributed by atoms with van der Waals surface area (Å²) >= 11 is 9.30. The molecule has 0 spiro atoms. The van der Waals surface area contributed by atoms with Crippen molar-refractivity contribution in [3.63, 3.8) is 0 Å². The van der Waals surface area contributed by atoms with E-state index in [4.69, 9.17) is 11.6 Å². The van der Waals surface area contributed by atoms with Crippen molar-refractivity contribution < 1.29 is 13.2 Å². The molecular weight excluding hydrogens is 355 g/mol. The summed E-state index contributed by atoms with van der Waals surface area (Å²) in [4.78, 5) is 3.38. The number of rotatable bonds is 3. The SMILES string of the molecule is FC(F)(F)c1ccccc1C(Br)Cc1ccncc1Cl. The van der Waals surface area contributed by atoms with Crippen LogP contribution < -0.4 is 0 Å². The van der Waals surface area contributed by atoms with Crippen molar-refractivity contribution in [1.29, 1.82) is 0 Å². The third-order valence-corrected chi connectivity index (χ3v) is 4.02. The summed E-state index contributed by atoms with van der Waals surface area (Å²) in [5.41, 5.74) is 0.320. The van der Waals surface area contributed by atoms with E-state index in [0.717, 1.165) is 11.6 Å². The summed E-state index contributed by atoms with van der Waals surface area (Å²) in [6.45, 7) is 0. The Labute approximate surface area is 127 Å². The van der Waals surface area contributed by atoms with Crippen molar-refractivity contribution in [2.45, 2.75) is 17.4 Å². The van der Waals surface area contributed by atoms with Gasteiger partial charge in [-0.25, -0.2) is 0 Å². The second-order valence-electron chi connectivity index (χ2n) is 4.22. The Morgan fingerprint density at radius 2 is 1.90 bits per heavy atom. The zero-order valence-corrected chi connectivity index (χ0v) is 12.5. The van der Waals surface area contributed by atoms with Crippen LogP contribution in [0.5, 0.6) is 0 Å². The van der Waals surface area contributed by atoms with Crippen LogP contribution >= 0.6 is 27.5 Å². The summed E-state index contributed by atoms with van der Waals surface area (Å²) < 4.78 is 38.9. The molecule has 0 saturated heterocycles. The summed E-state index contributed by atoms with van der Waals surface area (Å²) in [6.07, 6.45) is -0.970. The standard InChI is InChI=1S/C14H10BrClF3N/c15-12(7-9-5-6-20-8-13(9)16)10-3-1-2-4-11(10)14(17,18)19/h1-6,8,12H,7H2. The zero-order chi connectivity index (χ0) is 14.8. The van der Waals surface area contributed by atoms with E-state index in [9.17, 15) is 13.2 Å². The van der Waals surface area contributed by atoms with Gasteiger partial charge in [-0.15, -0.1) is 0 Å². The maximum atomic E-state index is 13.0. The second-order valence-corrected chi connectivity index (χ2v) is 5.74. The van der Waals surface area contributed by atoms with Crippen molar-refractivity contribution in [3.8, 4) is 0 Å². The van der Waals surface area contributed by atoms with Crippen molar-refractivity contribution >= 4 is 27.5 Å². The maximum Gasteiger partial charge on any atom is 0.416 e. The Bertz CT molecular complexity index is 601. The zero-order valence-electron chi connectivity index (χ0n) is 10.2. The summed E-state index contributed by atoms with van der Waals surface area (Å²) in [7, 11) is 0. The number of aromatic nitrogens is 1. The first-order valence-corrected chi connectivity index (χ1v) is 7.07. The van der Waals surface area contributed by atoms with Crippen LogP contribution in [0.25, 0.3) is 0 Å². The van der Waals surface area contributed by atoms with Crippen LogP contribution in [-0.2, 0) is 12.6 Å². The highest BCUT2D eigenvalue weighted by atomic mass is 79.9. The van der Waals surface area contributed by atoms with Gasteiger partial charge >= 0.3 is 6.18 Å². The predicted octanol–water partition coefficient (Wildman–Crippen LogP) is 5.43. The molecule has 2 rings (SSSR count). The van der Waals surface area contributed by atoms with Gasteiger partial charge in [0.2, 0.25) is 0 Å². The topological polar surface area (TPSA) is 12.9 Å². The molecule has 1 atom stereocenters. The van der Waals surface area contributed by atoms with E-state index in [2.05, 4.69) is 20.9 Å². The lowest BCUT2D eigenvalue weighted by Gasteiger charge is -2.17. The summed E-state index contributed by atoms with van der Waals surface area (Å²) in [5, 5.41) is 0.446. The minimum absolute atomic E-state index is 0.202. The lowest BCUT2D eigenvalue weighted by atomic mass is 10.00. The smallest absolute Gasteiger partial charge is 0.263 e. The van der Waals surface area contributed by atoms with Gasteiger partial charge in [0.05, 0.1) is 10.6 Å². The van der Waals surface area contributed by atoms with Gasteiger partial charge in [0, 0.05) is 17.2 Å². The van der Waals surface area contributed by atoms with Gasteiger partial charge in [-0.05, 0) is 29.7 Å². The van der Waals surface area contributed by atoms with Crippen LogP contribution in [0.3, 0.4) is 0 Å². The first kappa shape index (κ1) is 15.3. The monoisotopic (exact) mass is 363 g/mol. The Morgan fingerprint density at radius 3 is 2.55 bits per heavy atom. The van der Waals surface area contributed by atoms with E-state index in [1.165, 1.54) is 18.3 Å². The highest BCUT2D eigenvalue weighted by Gasteiger charge is 2.34. The lowest BCUT2D eigenvalue weighted by Crippen LogP contribution is -2.11. The third-order valence-electron chi connectivity index (χ3n) is 2.86. The molecule has 1 nitrogen and oxygen atoms in total. The maximum absolute atomic E-state index is 13.0. The molecule has 0 aliphatic heterocycles. The molecule has 0 fully saturated rings. The number of hydrogen-bond acceptors (Lipinski definition) is 1. The molecule has 0 aliphatic carbocycles. The number of benzene rings is 1. The number of alkyl halides is 4. The van der Waals surface area contributed by atoms with Gasteiger partial charge in [-0.2, -0.15) is 13.2 Å². The number of pyridine rings is 1. The van der Waals surface area contributed by atoms with Crippen LogP contribution in [0.2, 0.25) is 5.02 Å². The van der Waals surface area contributed by atoms with E-state index >= 15 is 0 Å². The highest BCUT2D eigenvalue weighted by molar-refractivity contribution is 9.09. The average Bonchev–Trinajstić information content (AvgIpc) is 2.40. The Kier molecular flexibility index (Phi) is 4.70. The van der Waals surface area contributed by atoms with E-state index in [1.54, 1.807) is 18.3 Å². The molecular formula is C14H10BrClF3N. The molecule has 0 saturated carbocycles. The number of hydrogen-bond donors (Lipinski definition) is 0. The molecule has 0 amide bonds. The van der Waals surface area contributed by atoms with Gasteiger partial charge in [0.15, 0.2) is 0 Å². The van der Waals surface area contributed by atoms with Crippen LogP contribution in [0.4, 0.5) is 13.2 Å². The molecule has 106 valence electrons. The molecule has 1 heterocycles. The number of halogens is 5. The van der Waals surface area contributed by atoms with E-state index in [0.29, 0.717) is 11.4 Å². The lowest BCUT2D eigenvalue weighted by molar-refractivity contribution is -0.138. The second kappa shape index (κ2) is 6.14. The number of nitrogens with zero attached hydrogens (tertiary/aromatic N) is 1. The molecule has 6 heteroatoms. The van der Waals surface area contributed by atoms with Crippen molar-refractivity contribution in [2.75, 3.05) is 0 Å². The summed E-state index contributed by atoms with van der Waals surface area (Å²) in [6, 6.07) is 7.22. The molecule has 1 aromatic carbocycles. The van der Waals surface area contributed by atoms with E-state index in [1.807, 2.05) is 0 Å². The molecule has 0 bridgehead atoms. The fourth-order valence-corrected chi connectivity index (χ4v) is 2.85. The van der Waals surface area contributed by atoms with Crippen molar-refractivity contribution in [3.05, 3.63) is 64.4 Å². The van der Waals surface area contributed by atoms with Gasteiger partial charge < -0.3 is 0 Å². The van der Waals surface area contributed by atoms with Crippen LogP contribution in [-0.4, -0.2) is 4.98 Å². The molecule has 0 aliphatic rings. The van der Waals surface area contributed by atoms with Crippen LogP contribution in [0.1, 0.15) is 21.5 Å². The normalized spacial score (nSPS) is 13.2. The van der Waals surface area contributed by atoms with Crippen molar-refractivity contribution in [2.24, 2.45) is 0 Å². The van der Waals surface area contributed by atoms with E-state index in [-0.39, 0.29) is 5.56 Å². The molecule has 20 heavy (non-hydrogen) atoms. The van der Waals surface area contributed by atoms with E-state index < -0.39 is 16.6 Å².